The summed E-state index contributed by atoms with van der Waals surface area (Å²) in [5.74, 6) is 0.293. The van der Waals surface area contributed by atoms with Crippen molar-refractivity contribution in [1.29, 1.82) is 0 Å². The third-order valence-corrected chi connectivity index (χ3v) is 3.68. The number of hydrogen-bond donors (Lipinski definition) is 1. The molecule has 15 heavy (non-hydrogen) atoms. The minimum absolute atomic E-state index is 0.170. The average molecular weight is 210 g/mol. The van der Waals surface area contributed by atoms with Crippen LogP contribution in [0.4, 0.5) is 0 Å². The Bertz CT molecular complexity index is 251. The highest BCUT2D eigenvalue weighted by molar-refractivity contribution is 5.78. The van der Waals surface area contributed by atoms with Crippen LogP contribution in [0.5, 0.6) is 0 Å². The Balaban J connectivity index is 2.01. The summed E-state index contributed by atoms with van der Waals surface area (Å²) in [6.07, 6.45) is 5.57. The molecule has 3 heteroatoms. The van der Waals surface area contributed by atoms with E-state index in [1.54, 1.807) is 0 Å². The van der Waals surface area contributed by atoms with Crippen LogP contribution in [-0.4, -0.2) is 23.0 Å². The van der Waals surface area contributed by atoms with Crippen molar-refractivity contribution in [3.05, 3.63) is 0 Å². The van der Waals surface area contributed by atoms with E-state index >= 15 is 0 Å². The van der Waals surface area contributed by atoms with Gasteiger partial charge in [0.1, 0.15) is 0 Å². The van der Waals surface area contributed by atoms with Crippen LogP contribution in [0.25, 0.3) is 0 Å². The Morgan fingerprint density at radius 3 is 2.33 bits per heavy atom. The van der Waals surface area contributed by atoms with Crippen LogP contribution in [0, 0.1) is 5.41 Å². The molecule has 1 aliphatic carbocycles. The lowest BCUT2D eigenvalue weighted by molar-refractivity contribution is -0.131. The van der Waals surface area contributed by atoms with Crippen LogP contribution >= 0.6 is 0 Å². The lowest BCUT2D eigenvalue weighted by Crippen LogP contribution is -2.46. The standard InChI is InChI=1S/C12H22N2O/c1-12(2,3)10-8-11(15)14(13-10)9-6-4-5-7-9/h9-10,13H,4-8H2,1-3H3. The fourth-order valence-corrected chi connectivity index (χ4v) is 2.53. The summed E-state index contributed by atoms with van der Waals surface area (Å²) < 4.78 is 0. The number of hydrogen-bond acceptors (Lipinski definition) is 2. The predicted octanol–water partition coefficient (Wildman–Crippen LogP) is 2.08. The minimum atomic E-state index is 0.170. The fourth-order valence-electron chi connectivity index (χ4n) is 2.53. The van der Waals surface area contributed by atoms with E-state index in [-0.39, 0.29) is 5.41 Å². The maximum Gasteiger partial charge on any atom is 0.238 e. The normalized spacial score (nSPS) is 29.1. The summed E-state index contributed by atoms with van der Waals surface area (Å²) in [6.45, 7) is 6.57. The summed E-state index contributed by atoms with van der Waals surface area (Å²) >= 11 is 0. The van der Waals surface area contributed by atoms with Gasteiger partial charge in [0.15, 0.2) is 0 Å². The summed E-state index contributed by atoms with van der Waals surface area (Å²) in [5.41, 5.74) is 3.58. The first-order chi connectivity index (χ1) is 6.98. The molecule has 2 fully saturated rings. The van der Waals surface area contributed by atoms with Crippen LogP contribution in [0.1, 0.15) is 52.9 Å². The quantitative estimate of drug-likeness (QED) is 0.718. The van der Waals surface area contributed by atoms with Crippen molar-refractivity contribution >= 4 is 5.91 Å². The zero-order valence-corrected chi connectivity index (χ0v) is 10.0. The number of nitrogens with zero attached hydrogens (tertiary/aromatic N) is 1. The summed E-state index contributed by atoms with van der Waals surface area (Å²) in [6, 6.07) is 0.774. The van der Waals surface area contributed by atoms with Crippen molar-refractivity contribution in [1.82, 2.24) is 10.4 Å². The molecule has 1 N–H and O–H groups in total. The highest BCUT2D eigenvalue weighted by Gasteiger charge is 2.39. The van der Waals surface area contributed by atoms with E-state index in [4.69, 9.17) is 0 Å². The lowest BCUT2D eigenvalue weighted by Gasteiger charge is -2.30. The molecule has 3 nitrogen and oxygen atoms in total. The van der Waals surface area contributed by atoms with Gasteiger partial charge in [0, 0.05) is 18.5 Å². The first-order valence-electron chi connectivity index (χ1n) is 6.07. The first kappa shape index (κ1) is 10.9. The van der Waals surface area contributed by atoms with Crippen LogP contribution in [-0.2, 0) is 4.79 Å². The number of carbonyl (C=O) groups excluding carboxylic acids is 1. The molecule has 1 amide bonds. The predicted molar refractivity (Wildman–Crippen MR) is 60.1 cm³/mol. The number of hydrazine groups is 1. The molecule has 0 radical (unpaired) electrons. The van der Waals surface area contributed by atoms with Crippen molar-refractivity contribution in [2.75, 3.05) is 0 Å². The maximum atomic E-state index is 11.9. The molecule has 1 heterocycles. The van der Waals surface area contributed by atoms with Gasteiger partial charge < -0.3 is 0 Å². The summed E-state index contributed by atoms with van der Waals surface area (Å²) in [7, 11) is 0. The zero-order chi connectivity index (χ0) is 11.1. The molecule has 1 saturated heterocycles. The lowest BCUT2D eigenvalue weighted by atomic mass is 9.86. The Morgan fingerprint density at radius 1 is 1.27 bits per heavy atom. The van der Waals surface area contributed by atoms with Gasteiger partial charge in [-0.2, -0.15) is 0 Å². The second kappa shape index (κ2) is 3.78. The zero-order valence-electron chi connectivity index (χ0n) is 10.0. The van der Waals surface area contributed by atoms with Crippen molar-refractivity contribution in [2.45, 2.75) is 65.0 Å². The minimum Gasteiger partial charge on any atom is -0.275 e. The van der Waals surface area contributed by atoms with Crippen LogP contribution in [0.2, 0.25) is 0 Å². The molecule has 0 aromatic rings. The van der Waals surface area contributed by atoms with E-state index in [0.717, 1.165) is 0 Å². The van der Waals surface area contributed by atoms with Gasteiger partial charge in [-0.1, -0.05) is 33.6 Å². The molecule has 0 spiro atoms. The Kier molecular flexibility index (Phi) is 2.75. The average Bonchev–Trinajstić information content (AvgIpc) is 2.69. The highest BCUT2D eigenvalue weighted by Crippen LogP contribution is 2.31. The Morgan fingerprint density at radius 2 is 1.87 bits per heavy atom. The molecule has 0 bridgehead atoms. The molecule has 0 aromatic heterocycles. The van der Waals surface area contributed by atoms with Gasteiger partial charge >= 0.3 is 0 Å². The van der Waals surface area contributed by atoms with Crippen LogP contribution in [0.15, 0.2) is 0 Å². The van der Waals surface area contributed by atoms with Gasteiger partial charge in [0.25, 0.3) is 0 Å². The van der Waals surface area contributed by atoms with Crippen molar-refractivity contribution in [2.24, 2.45) is 5.41 Å². The molecule has 2 rings (SSSR count). The topological polar surface area (TPSA) is 32.3 Å². The molecular weight excluding hydrogens is 188 g/mol. The van der Waals surface area contributed by atoms with Gasteiger partial charge in [0.2, 0.25) is 5.91 Å². The number of nitrogens with one attached hydrogen (secondary N) is 1. The van der Waals surface area contributed by atoms with Crippen molar-refractivity contribution in [3.8, 4) is 0 Å². The van der Waals surface area contributed by atoms with E-state index in [1.165, 1.54) is 25.7 Å². The van der Waals surface area contributed by atoms with E-state index < -0.39 is 0 Å². The monoisotopic (exact) mass is 210 g/mol. The van der Waals surface area contributed by atoms with Gasteiger partial charge in [-0.3, -0.25) is 9.80 Å². The van der Waals surface area contributed by atoms with E-state index in [1.807, 2.05) is 5.01 Å². The van der Waals surface area contributed by atoms with Crippen molar-refractivity contribution in [3.63, 3.8) is 0 Å². The van der Waals surface area contributed by atoms with E-state index in [0.29, 0.717) is 24.4 Å². The largest absolute Gasteiger partial charge is 0.275 e. The van der Waals surface area contributed by atoms with Gasteiger partial charge in [-0.05, 0) is 18.3 Å². The summed E-state index contributed by atoms with van der Waals surface area (Å²) in [4.78, 5) is 11.9. The van der Waals surface area contributed by atoms with Gasteiger partial charge in [-0.25, -0.2) is 5.43 Å². The molecule has 0 aromatic carbocycles. The molecule has 1 saturated carbocycles. The van der Waals surface area contributed by atoms with Crippen LogP contribution < -0.4 is 5.43 Å². The fraction of sp³-hybridized carbons (Fsp3) is 0.917. The van der Waals surface area contributed by atoms with Crippen LogP contribution in [0.3, 0.4) is 0 Å². The number of amides is 1. The Labute approximate surface area is 92.2 Å². The second-order valence-corrected chi connectivity index (χ2v) is 5.95. The molecule has 1 atom stereocenters. The highest BCUT2D eigenvalue weighted by atomic mass is 16.2. The third kappa shape index (κ3) is 2.17. The maximum absolute atomic E-state index is 11.9. The number of rotatable bonds is 1. The smallest absolute Gasteiger partial charge is 0.238 e. The molecule has 2 aliphatic rings. The molecule has 86 valence electrons. The number of carbonyl (C=O) groups is 1. The SMILES string of the molecule is CC(C)(C)C1CC(=O)N(C2CCCC2)N1. The summed E-state index contributed by atoms with van der Waals surface area (Å²) in [5, 5.41) is 1.92. The van der Waals surface area contributed by atoms with Crippen molar-refractivity contribution < 1.29 is 4.79 Å². The van der Waals surface area contributed by atoms with Gasteiger partial charge in [-0.15, -0.1) is 0 Å². The van der Waals surface area contributed by atoms with E-state index in [2.05, 4.69) is 26.2 Å². The first-order valence-corrected chi connectivity index (χ1v) is 6.07. The van der Waals surface area contributed by atoms with Gasteiger partial charge in [0.05, 0.1) is 0 Å². The molecular formula is C12H22N2O. The molecule has 1 unspecified atom stereocenters. The second-order valence-electron chi connectivity index (χ2n) is 5.95. The van der Waals surface area contributed by atoms with E-state index in [9.17, 15) is 4.79 Å². The Hall–Kier alpha value is -0.570. The molecule has 1 aliphatic heterocycles. The third-order valence-electron chi connectivity index (χ3n) is 3.68.